The van der Waals surface area contributed by atoms with Crippen LogP contribution in [0.1, 0.15) is 66.5 Å². The number of amides is 3. The van der Waals surface area contributed by atoms with Gasteiger partial charge in [0.05, 0.1) is 18.2 Å². The highest BCUT2D eigenvalue weighted by molar-refractivity contribution is 6.15. The highest BCUT2D eigenvalue weighted by Gasteiger charge is 2.28. The molecule has 0 aliphatic carbocycles. The van der Waals surface area contributed by atoms with Crippen LogP contribution in [-0.4, -0.2) is 40.0 Å². The molecule has 3 rings (SSSR count). The van der Waals surface area contributed by atoms with Crippen LogP contribution in [-0.2, 0) is 10.2 Å². The second-order valence-corrected chi connectivity index (χ2v) is 9.35. The van der Waals surface area contributed by atoms with Gasteiger partial charge >= 0.3 is 6.03 Å². The van der Waals surface area contributed by atoms with Crippen LogP contribution in [0.25, 0.3) is 0 Å². The first-order chi connectivity index (χ1) is 16.1. The number of urea groups is 1. The van der Waals surface area contributed by atoms with Crippen molar-refractivity contribution < 1.29 is 14.3 Å². The van der Waals surface area contributed by atoms with Crippen molar-refractivity contribution >= 4 is 35.1 Å². The third-order valence-electron chi connectivity index (χ3n) is 5.48. The zero-order valence-corrected chi connectivity index (χ0v) is 20.8. The van der Waals surface area contributed by atoms with Gasteiger partial charge in [-0.15, -0.1) is 0 Å². The minimum atomic E-state index is -0.448. The maximum Gasteiger partial charge on any atom is 0.324 e. The molecule has 1 aliphatic rings. The molecule has 1 atom stereocenters. The SMILES string of the molecule is CCCCOc1ccc(NC(=O)Nc2cc(C(C)(C)C)nn2C2=NC(=O)C(CC)C(C)=N2)cc1. The summed E-state index contributed by atoms with van der Waals surface area (Å²) in [5.74, 6) is 0.696. The summed E-state index contributed by atoms with van der Waals surface area (Å²) in [5.41, 5.74) is 1.75. The first kappa shape index (κ1) is 25.1. The van der Waals surface area contributed by atoms with Crippen LogP contribution in [0.15, 0.2) is 40.3 Å². The van der Waals surface area contributed by atoms with Gasteiger partial charge in [0.1, 0.15) is 11.6 Å². The highest BCUT2D eigenvalue weighted by atomic mass is 16.5. The number of carbonyl (C=O) groups excluding carboxylic acids is 2. The topological polar surface area (TPSA) is 110 Å². The summed E-state index contributed by atoms with van der Waals surface area (Å²) in [6.45, 7) is 12.6. The Morgan fingerprint density at radius 1 is 1.12 bits per heavy atom. The largest absolute Gasteiger partial charge is 0.494 e. The Bertz CT molecular complexity index is 1090. The van der Waals surface area contributed by atoms with E-state index in [1.54, 1.807) is 18.2 Å². The van der Waals surface area contributed by atoms with Crippen molar-refractivity contribution in [1.29, 1.82) is 0 Å². The van der Waals surface area contributed by atoms with Crippen LogP contribution in [0.5, 0.6) is 5.75 Å². The number of rotatable bonds is 7. The van der Waals surface area contributed by atoms with Crippen LogP contribution < -0.4 is 15.4 Å². The molecule has 0 saturated heterocycles. The lowest BCUT2D eigenvalue weighted by Gasteiger charge is -2.18. The number of aliphatic imine (C=N–C) groups is 2. The second-order valence-electron chi connectivity index (χ2n) is 9.35. The van der Waals surface area contributed by atoms with E-state index in [1.165, 1.54) is 4.68 Å². The van der Waals surface area contributed by atoms with Gasteiger partial charge in [0.15, 0.2) is 0 Å². The van der Waals surface area contributed by atoms with Crippen LogP contribution in [0.4, 0.5) is 16.3 Å². The molecule has 2 aromatic rings. The lowest BCUT2D eigenvalue weighted by Crippen LogP contribution is -2.30. The van der Waals surface area contributed by atoms with E-state index >= 15 is 0 Å². The monoisotopic (exact) mass is 466 g/mol. The van der Waals surface area contributed by atoms with E-state index in [0.717, 1.165) is 24.3 Å². The molecule has 0 spiro atoms. The Balaban J connectivity index is 1.79. The molecule has 182 valence electrons. The van der Waals surface area contributed by atoms with Gasteiger partial charge < -0.3 is 10.1 Å². The number of unbranched alkanes of at least 4 members (excludes halogenated alkanes) is 1. The average molecular weight is 467 g/mol. The standard InChI is InChI=1S/C25H34N6O3/c1-7-9-14-34-18-12-10-17(11-13-18)27-24(33)28-21-15-20(25(4,5)6)30-31(21)23-26-16(3)19(8-2)22(32)29-23/h10-13,15,19H,7-9,14H2,1-6H3,(H2,27,28,33). The maximum atomic E-state index is 12.8. The van der Waals surface area contributed by atoms with E-state index in [-0.39, 0.29) is 23.2 Å². The molecule has 1 unspecified atom stereocenters. The molecule has 0 bridgehead atoms. The Kier molecular flexibility index (Phi) is 7.86. The van der Waals surface area contributed by atoms with E-state index in [1.807, 2.05) is 46.8 Å². The number of ether oxygens (including phenoxy) is 1. The molecular weight excluding hydrogens is 432 g/mol. The first-order valence-electron chi connectivity index (χ1n) is 11.7. The number of hydrogen-bond acceptors (Lipinski definition) is 5. The van der Waals surface area contributed by atoms with E-state index in [0.29, 0.717) is 30.2 Å². The van der Waals surface area contributed by atoms with Crippen molar-refractivity contribution in [2.45, 2.75) is 66.2 Å². The minimum absolute atomic E-state index is 0.145. The zero-order valence-electron chi connectivity index (χ0n) is 20.8. The summed E-state index contributed by atoms with van der Waals surface area (Å²) in [6, 6.07) is 8.52. The van der Waals surface area contributed by atoms with Crippen molar-refractivity contribution in [1.82, 2.24) is 9.78 Å². The molecule has 1 aliphatic heterocycles. The van der Waals surface area contributed by atoms with Crippen LogP contribution in [0, 0.1) is 5.92 Å². The molecule has 9 nitrogen and oxygen atoms in total. The maximum absolute atomic E-state index is 12.8. The minimum Gasteiger partial charge on any atom is -0.494 e. The summed E-state index contributed by atoms with van der Waals surface area (Å²) in [4.78, 5) is 33.9. The number of nitrogens with zero attached hydrogens (tertiary/aromatic N) is 4. The van der Waals surface area contributed by atoms with Crippen LogP contribution in [0.2, 0.25) is 0 Å². The molecule has 1 aromatic heterocycles. The van der Waals surface area contributed by atoms with E-state index in [4.69, 9.17) is 4.74 Å². The fourth-order valence-electron chi connectivity index (χ4n) is 3.42. The number of hydrogen-bond donors (Lipinski definition) is 2. The van der Waals surface area contributed by atoms with E-state index < -0.39 is 6.03 Å². The number of anilines is 2. The first-order valence-corrected chi connectivity index (χ1v) is 11.7. The molecule has 34 heavy (non-hydrogen) atoms. The van der Waals surface area contributed by atoms with Crippen molar-refractivity contribution in [2.24, 2.45) is 15.9 Å². The van der Waals surface area contributed by atoms with Crippen molar-refractivity contribution in [3.63, 3.8) is 0 Å². The van der Waals surface area contributed by atoms with Gasteiger partial charge in [-0.1, -0.05) is 41.0 Å². The van der Waals surface area contributed by atoms with Gasteiger partial charge in [-0.25, -0.2) is 9.79 Å². The van der Waals surface area contributed by atoms with Gasteiger partial charge in [-0.3, -0.25) is 10.1 Å². The third-order valence-corrected chi connectivity index (χ3v) is 5.48. The number of aromatic nitrogens is 2. The molecule has 9 heteroatoms. The lowest BCUT2D eigenvalue weighted by atomic mass is 9.92. The average Bonchev–Trinajstić information content (AvgIpc) is 3.19. The summed E-state index contributed by atoms with van der Waals surface area (Å²) in [6.07, 6.45) is 2.69. The Labute approximate surface area is 200 Å². The van der Waals surface area contributed by atoms with E-state index in [2.05, 4.69) is 32.6 Å². The fraction of sp³-hybridized carbons (Fsp3) is 0.480. The van der Waals surface area contributed by atoms with Gasteiger partial charge in [0.25, 0.3) is 11.9 Å². The van der Waals surface area contributed by atoms with Gasteiger partial charge in [-0.05, 0) is 44.0 Å². The molecule has 2 heterocycles. The van der Waals surface area contributed by atoms with Crippen LogP contribution >= 0.6 is 0 Å². The van der Waals surface area contributed by atoms with Crippen molar-refractivity contribution in [3.8, 4) is 5.75 Å². The third kappa shape index (κ3) is 6.09. The smallest absolute Gasteiger partial charge is 0.324 e. The predicted molar refractivity (Wildman–Crippen MR) is 135 cm³/mol. The van der Waals surface area contributed by atoms with Gasteiger partial charge in [-0.2, -0.15) is 14.8 Å². The van der Waals surface area contributed by atoms with Crippen molar-refractivity contribution in [2.75, 3.05) is 17.2 Å². The predicted octanol–water partition coefficient (Wildman–Crippen LogP) is 5.23. The highest BCUT2D eigenvalue weighted by Crippen LogP contribution is 2.25. The number of nitrogens with one attached hydrogen (secondary N) is 2. The Morgan fingerprint density at radius 3 is 2.41 bits per heavy atom. The molecule has 0 saturated carbocycles. The molecule has 0 fully saturated rings. The summed E-state index contributed by atoms with van der Waals surface area (Å²) in [7, 11) is 0. The Morgan fingerprint density at radius 2 is 1.82 bits per heavy atom. The van der Waals surface area contributed by atoms with Crippen molar-refractivity contribution in [3.05, 3.63) is 36.0 Å². The number of benzene rings is 1. The lowest BCUT2D eigenvalue weighted by molar-refractivity contribution is -0.119. The molecule has 2 N–H and O–H groups in total. The Hall–Kier alpha value is -3.49. The van der Waals surface area contributed by atoms with Crippen LogP contribution in [0.3, 0.4) is 0 Å². The summed E-state index contributed by atoms with van der Waals surface area (Å²) in [5, 5.41) is 10.2. The normalized spacial score (nSPS) is 16.1. The molecule has 3 amide bonds. The van der Waals surface area contributed by atoms with Gasteiger partial charge in [0, 0.05) is 22.9 Å². The molecular formula is C25H34N6O3. The molecule has 1 aromatic carbocycles. The second kappa shape index (κ2) is 10.6. The zero-order chi connectivity index (χ0) is 24.9. The van der Waals surface area contributed by atoms with Gasteiger partial charge in [0.2, 0.25) is 0 Å². The quantitative estimate of drug-likeness (QED) is 0.544. The number of carbonyl (C=O) groups is 2. The fourth-order valence-corrected chi connectivity index (χ4v) is 3.42. The summed E-state index contributed by atoms with van der Waals surface area (Å²) >= 11 is 0. The van der Waals surface area contributed by atoms with E-state index in [9.17, 15) is 9.59 Å². The molecule has 0 radical (unpaired) electrons. The summed E-state index contributed by atoms with van der Waals surface area (Å²) < 4.78 is 7.07.